The second kappa shape index (κ2) is 6.11. The first-order valence-electron chi connectivity index (χ1n) is 8.15. The maximum Gasteiger partial charge on any atom is 0.275 e. The lowest BCUT2D eigenvalue weighted by molar-refractivity contribution is -0.117. The molecule has 0 radical (unpaired) electrons. The van der Waals surface area contributed by atoms with E-state index in [1.54, 1.807) is 37.3 Å². The third kappa shape index (κ3) is 2.83. The van der Waals surface area contributed by atoms with Crippen molar-refractivity contribution in [1.82, 2.24) is 14.8 Å². The molecule has 130 valence electrons. The van der Waals surface area contributed by atoms with Crippen LogP contribution in [0.1, 0.15) is 11.6 Å². The molecule has 0 saturated heterocycles. The number of hydrogen-bond acceptors (Lipinski definition) is 5. The number of benzene rings is 2. The van der Waals surface area contributed by atoms with Crippen molar-refractivity contribution in [3.8, 4) is 0 Å². The summed E-state index contributed by atoms with van der Waals surface area (Å²) in [5.41, 5.74) is 2.32. The molecule has 0 aliphatic rings. The molecule has 1 N–H and O–H groups in total. The zero-order valence-electron chi connectivity index (χ0n) is 14.3. The van der Waals surface area contributed by atoms with Crippen LogP contribution in [0.15, 0.2) is 51.7 Å². The van der Waals surface area contributed by atoms with Crippen LogP contribution < -0.4 is 10.9 Å². The maximum absolute atomic E-state index is 12.5. The third-order valence-corrected chi connectivity index (χ3v) is 4.12. The quantitative estimate of drug-likeness (QED) is 0.615. The Morgan fingerprint density at radius 3 is 2.73 bits per heavy atom. The molecule has 0 aliphatic carbocycles. The molecule has 0 fully saturated rings. The van der Waals surface area contributed by atoms with Crippen molar-refractivity contribution in [1.29, 1.82) is 0 Å². The Kier molecular flexibility index (Phi) is 3.76. The first-order valence-corrected chi connectivity index (χ1v) is 8.15. The minimum absolute atomic E-state index is 0.166. The lowest BCUT2D eigenvalue weighted by Gasteiger charge is -2.09. The fourth-order valence-electron chi connectivity index (χ4n) is 2.97. The second-order valence-corrected chi connectivity index (χ2v) is 6.06. The Morgan fingerprint density at radius 1 is 1.15 bits per heavy atom. The van der Waals surface area contributed by atoms with E-state index in [-0.39, 0.29) is 18.0 Å². The van der Waals surface area contributed by atoms with E-state index in [2.05, 4.69) is 15.4 Å². The Labute approximate surface area is 148 Å². The minimum atomic E-state index is -0.339. The van der Waals surface area contributed by atoms with Crippen molar-refractivity contribution < 1.29 is 9.21 Å². The summed E-state index contributed by atoms with van der Waals surface area (Å²) in [5.74, 6) is 0.222. The number of hydrogen-bond donors (Lipinski definition) is 1. The molecule has 7 heteroatoms. The largest absolute Gasteiger partial charge is 0.441 e. The molecule has 2 aromatic heterocycles. The monoisotopic (exact) mass is 348 g/mol. The van der Waals surface area contributed by atoms with Gasteiger partial charge in [0.05, 0.1) is 11.1 Å². The van der Waals surface area contributed by atoms with Gasteiger partial charge >= 0.3 is 0 Å². The number of oxazole rings is 1. The predicted molar refractivity (Wildman–Crippen MR) is 98.1 cm³/mol. The Hall–Kier alpha value is -3.48. The Bertz CT molecular complexity index is 1210. The van der Waals surface area contributed by atoms with Gasteiger partial charge < -0.3 is 9.73 Å². The summed E-state index contributed by atoms with van der Waals surface area (Å²) in [6, 6.07) is 12.4. The van der Waals surface area contributed by atoms with Crippen molar-refractivity contribution >= 4 is 33.5 Å². The summed E-state index contributed by atoms with van der Waals surface area (Å²) in [7, 11) is 0. The summed E-state index contributed by atoms with van der Waals surface area (Å²) >= 11 is 0. The van der Waals surface area contributed by atoms with Gasteiger partial charge in [0, 0.05) is 18.0 Å². The van der Waals surface area contributed by atoms with Crippen LogP contribution in [-0.4, -0.2) is 20.7 Å². The molecule has 4 rings (SSSR count). The molecule has 1 amide bonds. The summed E-state index contributed by atoms with van der Waals surface area (Å²) in [6.07, 6.45) is 0. The number of rotatable bonds is 3. The molecule has 0 unspecified atom stereocenters. The van der Waals surface area contributed by atoms with Crippen LogP contribution in [0.5, 0.6) is 0 Å². The summed E-state index contributed by atoms with van der Waals surface area (Å²) in [4.78, 5) is 29.2. The molecule has 2 heterocycles. The normalized spacial score (nSPS) is 11.2. The Morgan fingerprint density at radius 2 is 1.92 bits per heavy atom. The standard InChI is InChI=1S/C19H16N4O3/c1-11-14-5-3-4-6-15(14)19(25)23(22-11)10-18(24)21-13-7-8-17-16(9-13)20-12(2)26-17/h3-9H,10H2,1-2H3,(H,21,24). The van der Waals surface area contributed by atoms with Crippen LogP contribution in [-0.2, 0) is 11.3 Å². The number of carbonyl (C=O) groups excluding carboxylic acids is 1. The van der Waals surface area contributed by atoms with Crippen LogP contribution in [0.4, 0.5) is 5.69 Å². The van der Waals surface area contributed by atoms with Gasteiger partial charge in [-0.05, 0) is 31.2 Å². The molecule has 7 nitrogen and oxygen atoms in total. The average Bonchev–Trinajstić information content (AvgIpc) is 2.99. The van der Waals surface area contributed by atoms with Gasteiger partial charge in [0.1, 0.15) is 12.1 Å². The zero-order valence-corrected chi connectivity index (χ0v) is 14.3. The van der Waals surface area contributed by atoms with Crippen LogP contribution in [0.3, 0.4) is 0 Å². The highest BCUT2D eigenvalue weighted by molar-refractivity contribution is 5.93. The van der Waals surface area contributed by atoms with E-state index in [1.165, 1.54) is 4.68 Å². The van der Waals surface area contributed by atoms with Crippen LogP contribution in [0.2, 0.25) is 0 Å². The maximum atomic E-state index is 12.5. The number of aromatic nitrogens is 3. The second-order valence-electron chi connectivity index (χ2n) is 6.06. The first-order chi connectivity index (χ1) is 12.5. The van der Waals surface area contributed by atoms with Crippen molar-refractivity contribution in [3.05, 3.63) is 64.4 Å². The number of nitrogens with zero attached hydrogens (tertiary/aromatic N) is 3. The third-order valence-electron chi connectivity index (χ3n) is 4.12. The van der Waals surface area contributed by atoms with Crippen LogP contribution >= 0.6 is 0 Å². The predicted octanol–water partition coefficient (Wildman–Crippen LogP) is 2.79. The molecule has 0 bridgehead atoms. The van der Waals surface area contributed by atoms with E-state index in [9.17, 15) is 9.59 Å². The van der Waals surface area contributed by atoms with Gasteiger partial charge in [-0.15, -0.1) is 0 Å². The average molecular weight is 348 g/mol. The molecule has 0 aliphatic heterocycles. The van der Waals surface area contributed by atoms with Crippen molar-refractivity contribution in [3.63, 3.8) is 0 Å². The Balaban J connectivity index is 1.60. The smallest absolute Gasteiger partial charge is 0.275 e. The van der Waals surface area contributed by atoms with Gasteiger partial charge in [-0.1, -0.05) is 18.2 Å². The number of carbonyl (C=O) groups is 1. The molecule has 4 aromatic rings. The fourth-order valence-corrected chi connectivity index (χ4v) is 2.97. The highest BCUT2D eigenvalue weighted by atomic mass is 16.3. The topological polar surface area (TPSA) is 90.0 Å². The minimum Gasteiger partial charge on any atom is -0.441 e. The highest BCUT2D eigenvalue weighted by Gasteiger charge is 2.12. The van der Waals surface area contributed by atoms with Gasteiger partial charge in [-0.25, -0.2) is 9.67 Å². The summed E-state index contributed by atoms with van der Waals surface area (Å²) in [6.45, 7) is 3.41. The van der Waals surface area contributed by atoms with E-state index in [0.29, 0.717) is 33.8 Å². The first kappa shape index (κ1) is 16.0. The molecule has 26 heavy (non-hydrogen) atoms. The van der Waals surface area contributed by atoms with Crippen molar-refractivity contribution in [2.45, 2.75) is 20.4 Å². The van der Waals surface area contributed by atoms with Crippen molar-refractivity contribution in [2.24, 2.45) is 0 Å². The molecule has 0 atom stereocenters. The molecular formula is C19H16N4O3. The van der Waals surface area contributed by atoms with Gasteiger partial charge in [0.25, 0.3) is 5.56 Å². The highest BCUT2D eigenvalue weighted by Crippen LogP contribution is 2.19. The molecule has 0 spiro atoms. The number of anilines is 1. The summed E-state index contributed by atoms with van der Waals surface area (Å²) in [5, 5.41) is 8.36. The van der Waals surface area contributed by atoms with E-state index in [1.807, 2.05) is 19.1 Å². The molecule has 2 aromatic carbocycles. The zero-order chi connectivity index (χ0) is 18.3. The fraction of sp³-hybridized carbons (Fsp3) is 0.158. The lowest BCUT2D eigenvalue weighted by Crippen LogP contribution is -2.30. The number of aryl methyl sites for hydroxylation is 2. The van der Waals surface area contributed by atoms with Gasteiger partial charge in [0.2, 0.25) is 5.91 Å². The molecular weight excluding hydrogens is 332 g/mol. The van der Waals surface area contributed by atoms with E-state index in [0.717, 1.165) is 5.39 Å². The van der Waals surface area contributed by atoms with E-state index >= 15 is 0 Å². The number of nitrogens with one attached hydrogen (secondary N) is 1. The number of fused-ring (bicyclic) bond motifs is 2. The van der Waals surface area contributed by atoms with Crippen LogP contribution in [0, 0.1) is 13.8 Å². The van der Waals surface area contributed by atoms with E-state index in [4.69, 9.17) is 4.42 Å². The number of amides is 1. The lowest BCUT2D eigenvalue weighted by atomic mass is 10.1. The van der Waals surface area contributed by atoms with E-state index < -0.39 is 0 Å². The SMILES string of the molecule is Cc1nc2cc(NC(=O)Cn3nc(C)c4ccccc4c3=O)ccc2o1. The van der Waals surface area contributed by atoms with Crippen molar-refractivity contribution in [2.75, 3.05) is 5.32 Å². The van der Waals surface area contributed by atoms with Gasteiger partial charge in [0.15, 0.2) is 11.5 Å². The van der Waals surface area contributed by atoms with Crippen LogP contribution in [0.25, 0.3) is 21.9 Å². The molecule has 0 saturated carbocycles. The summed E-state index contributed by atoms with van der Waals surface area (Å²) < 4.78 is 6.60. The van der Waals surface area contributed by atoms with Gasteiger partial charge in [-0.2, -0.15) is 5.10 Å². The van der Waals surface area contributed by atoms with Gasteiger partial charge in [-0.3, -0.25) is 9.59 Å².